The molecule has 0 fully saturated rings. The minimum Gasteiger partial charge on any atom is -0.457 e. The molecule has 0 aliphatic rings. The predicted octanol–water partition coefficient (Wildman–Crippen LogP) is 2.76. The molecule has 0 aliphatic carbocycles. The minimum atomic E-state index is -0.766. The molecule has 2 aromatic carbocycles. The number of aromatic nitrogens is 2. The van der Waals surface area contributed by atoms with Gasteiger partial charge in [-0.1, -0.05) is 13.0 Å². The summed E-state index contributed by atoms with van der Waals surface area (Å²) in [5.41, 5.74) is 5.43. The van der Waals surface area contributed by atoms with Crippen molar-refractivity contribution in [1.29, 1.82) is 0 Å². The van der Waals surface area contributed by atoms with Crippen LogP contribution in [-0.4, -0.2) is 15.5 Å². The molecule has 3 rings (SSSR count). The Hall–Kier alpha value is -3.22. The summed E-state index contributed by atoms with van der Waals surface area (Å²) in [6.07, 6.45) is 1.69. The SMILES string of the molecule is CC[C@@H](C(N)=O)n1cnc2ccc(Oc3cccc(F)c3)cc2c1=O. The normalized spacial score (nSPS) is 12.1. The maximum absolute atomic E-state index is 13.3. The summed E-state index contributed by atoms with van der Waals surface area (Å²) in [5.74, 6) is -0.346. The lowest BCUT2D eigenvalue weighted by Crippen LogP contribution is -2.33. The molecule has 3 aromatic rings. The largest absolute Gasteiger partial charge is 0.457 e. The quantitative estimate of drug-likeness (QED) is 0.773. The van der Waals surface area contributed by atoms with Gasteiger partial charge in [0.05, 0.1) is 17.2 Å². The van der Waals surface area contributed by atoms with E-state index in [1.807, 2.05) is 0 Å². The molecule has 1 heterocycles. The van der Waals surface area contributed by atoms with Crippen LogP contribution >= 0.6 is 0 Å². The molecule has 7 heteroatoms. The third-order valence-electron chi connectivity index (χ3n) is 3.84. The van der Waals surface area contributed by atoms with Crippen LogP contribution in [0.1, 0.15) is 19.4 Å². The number of rotatable bonds is 5. The highest BCUT2D eigenvalue weighted by Crippen LogP contribution is 2.24. The van der Waals surface area contributed by atoms with Crippen molar-refractivity contribution < 1.29 is 13.9 Å². The Morgan fingerprint density at radius 1 is 1.28 bits per heavy atom. The van der Waals surface area contributed by atoms with Gasteiger partial charge < -0.3 is 10.5 Å². The van der Waals surface area contributed by atoms with E-state index in [1.54, 1.807) is 25.1 Å². The fourth-order valence-corrected chi connectivity index (χ4v) is 2.60. The minimum absolute atomic E-state index is 0.288. The van der Waals surface area contributed by atoms with Crippen molar-refractivity contribution in [1.82, 2.24) is 9.55 Å². The van der Waals surface area contributed by atoms with Crippen molar-refractivity contribution in [3.05, 3.63) is 65.0 Å². The molecule has 0 saturated carbocycles. The lowest BCUT2D eigenvalue weighted by molar-refractivity contribution is -0.121. The van der Waals surface area contributed by atoms with E-state index < -0.39 is 17.8 Å². The van der Waals surface area contributed by atoms with Gasteiger partial charge in [-0.3, -0.25) is 14.2 Å². The number of halogens is 1. The highest BCUT2D eigenvalue weighted by atomic mass is 19.1. The lowest BCUT2D eigenvalue weighted by Gasteiger charge is -2.14. The number of nitrogens with zero attached hydrogens (tertiary/aromatic N) is 2. The molecule has 0 radical (unpaired) electrons. The summed E-state index contributed by atoms with van der Waals surface area (Å²) in [5, 5.41) is 0.288. The number of nitrogens with two attached hydrogens (primary N) is 1. The Labute approximate surface area is 142 Å². The second-order valence-corrected chi connectivity index (χ2v) is 5.52. The van der Waals surface area contributed by atoms with Gasteiger partial charge in [0.1, 0.15) is 23.4 Å². The van der Waals surface area contributed by atoms with Crippen LogP contribution in [0.2, 0.25) is 0 Å². The van der Waals surface area contributed by atoms with Crippen LogP contribution in [0.15, 0.2) is 53.6 Å². The van der Waals surface area contributed by atoms with Gasteiger partial charge in [-0.05, 0) is 36.8 Å². The van der Waals surface area contributed by atoms with E-state index in [0.29, 0.717) is 23.4 Å². The molecule has 6 nitrogen and oxygen atoms in total. The van der Waals surface area contributed by atoms with Gasteiger partial charge in [-0.25, -0.2) is 9.37 Å². The molecule has 0 bridgehead atoms. The first-order valence-electron chi connectivity index (χ1n) is 7.73. The van der Waals surface area contributed by atoms with Crippen LogP contribution in [-0.2, 0) is 4.79 Å². The molecule has 1 amide bonds. The standard InChI is InChI=1S/C18H16FN3O3/c1-2-16(17(20)23)22-10-21-15-7-6-13(9-14(15)18(22)24)25-12-5-3-4-11(19)8-12/h3-10,16H,2H2,1H3,(H2,20,23)/t16-/m0/s1. The van der Waals surface area contributed by atoms with Gasteiger partial charge in [0.15, 0.2) is 0 Å². The van der Waals surface area contributed by atoms with Crippen molar-refractivity contribution in [3.8, 4) is 11.5 Å². The zero-order chi connectivity index (χ0) is 18.0. The van der Waals surface area contributed by atoms with E-state index in [1.165, 1.54) is 35.2 Å². The zero-order valence-electron chi connectivity index (χ0n) is 13.5. The fourth-order valence-electron chi connectivity index (χ4n) is 2.60. The molecule has 0 saturated heterocycles. The van der Waals surface area contributed by atoms with E-state index in [2.05, 4.69) is 4.98 Å². The van der Waals surface area contributed by atoms with Crippen LogP contribution in [0.5, 0.6) is 11.5 Å². The highest BCUT2D eigenvalue weighted by molar-refractivity contribution is 5.81. The van der Waals surface area contributed by atoms with Gasteiger partial charge in [-0.2, -0.15) is 0 Å². The summed E-state index contributed by atoms with van der Waals surface area (Å²) >= 11 is 0. The topological polar surface area (TPSA) is 87.2 Å². The fraction of sp³-hybridized carbons (Fsp3) is 0.167. The second-order valence-electron chi connectivity index (χ2n) is 5.52. The smallest absolute Gasteiger partial charge is 0.262 e. The molecule has 1 atom stereocenters. The van der Waals surface area contributed by atoms with E-state index in [-0.39, 0.29) is 10.9 Å². The maximum atomic E-state index is 13.3. The van der Waals surface area contributed by atoms with Crippen LogP contribution in [0, 0.1) is 5.82 Å². The number of carbonyl (C=O) groups is 1. The third-order valence-corrected chi connectivity index (χ3v) is 3.84. The van der Waals surface area contributed by atoms with Crippen molar-refractivity contribution in [3.63, 3.8) is 0 Å². The summed E-state index contributed by atoms with van der Waals surface area (Å²) in [6, 6.07) is 9.69. The number of hydrogen-bond acceptors (Lipinski definition) is 4. The van der Waals surface area contributed by atoms with Crippen LogP contribution < -0.4 is 16.0 Å². The Kier molecular flexibility index (Phi) is 4.47. The van der Waals surface area contributed by atoms with E-state index >= 15 is 0 Å². The Morgan fingerprint density at radius 3 is 2.72 bits per heavy atom. The Balaban J connectivity index is 2.05. The lowest BCUT2D eigenvalue weighted by atomic mass is 10.2. The first-order valence-corrected chi connectivity index (χ1v) is 7.73. The number of ether oxygens (including phenoxy) is 1. The van der Waals surface area contributed by atoms with Crippen molar-refractivity contribution in [2.45, 2.75) is 19.4 Å². The van der Waals surface area contributed by atoms with Crippen molar-refractivity contribution >= 4 is 16.8 Å². The first kappa shape index (κ1) is 16.6. The number of hydrogen-bond donors (Lipinski definition) is 1. The monoisotopic (exact) mass is 341 g/mol. The predicted molar refractivity (Wildman–Crippen MR) is 91.0 cm³/mol. The average Bonchev–Trinajstić information content (AvgIpc) is 2.58. The molecule has 0 aliphatic heterocycles. The number of amides is 1. The number of primary amides is 1. The van der Waals surface area contributed by atoms with E-state index in [4.69, 9.17) is 10.5 Å². The highest BCUT2D eigenvalue weighted by Gasteiger charge is 2.18. The maximum Gasteiger partial charge on any atom is 0.262 e. The summed E-state index contributed by atoms with van der Waals surface area (Å²) in [7, 11) is 0. The van der Waals surface area contributed by atoms with Gasteiger partial charge in [0.2, 0.25) is 5.91 Å². The Bertz CT molecular complexity index is 1000. The molecule has 0 unspecified atom stereocenters. The number of carbonyl (C=O) groups excluding carboxylic acids is 1. The van der Waals surface area contributed by atoms with Gasteiger partial charge in [0.25, 0.3) is 5.56 Å². The summed E-state index contributed by atoms with van der Waals surface area (Å²) in [6.45, 7) is 1.76. The Morgan fingerprint density at radius 2 is 2.04 bits per heavy atom. The number of benzene rings is 2. The molecule has 0 spiro atoms. The van der Waals surface area contributed by atoms with E-state index in [9.17, 15) is 14.0 Å². The third kappa shape index (κ3) is 3.35. The van der Waals surface area contributed by atoms with E-state index in [0.717, 1.165) is 0 Å². The second kappa shape index (κ2) is 6.72. The van der Waals surface area contributed by atoms with Crippen molar-refractivity contribution in [2.24, 2.45) is 5.73 Å². The molecular weight excluding hydrogens is 325 g/mol. The van der Waals surface area contributed by atoms with Crippen molar-refractivity contribution in [2.75, 3.05) is 0 Å². The zero-order valence-corrected chi connectivity index (χ0v) is 13.5. The first-order chi connectivity index (χ1) is 12.0. The molecule has 1 aromatic heterocycles. The summed E-state index contributed by atoms with van der Waals surface area (Å²) < 4.78 is 20.1. The molecule has 2 N–H and O–H groups in total. The molecular formula is C18H16FN3O3. The van der Waals surface area contributed by atoms with Crippen LogP contribution in [0.4, 0.5) is 4.39 Å². The van der Waals surface area contributed by atoms with Gasteiger partial charge in [-0.15, -0.1) is 0 Å². The van der Waals surface area contributed by atoms with Gasteiger partial charge >= 0.3 is 0 Å². The average molecular weight is 341 g/mol. The summed E-state index contributed by atoms with van der Waals surface area (Å²) in [4.78, 5) is 28.4. The van der Waals surface area contributed by atoms with Crippen LogP contribution in [0.3, 0.4) is 0 Å². The van der Waals surface area contributed by atoms with Crippen LogP contribution in [0.25, 0.3) is 10.9 Å². The number of fused-ring (bicyclic) bond motifs is 1. The molecule has 128 valence electrons. The molecule has 25 heavy (non-hydrogen) atoms. The van der Waals surface area contributed by atoms with Gasteiger partial charge in [0, 0.05) is 6.07 Å².